The van der Waals surface area contributed by atoms with Gasteiger partial charge in [-0.05, 0) is 140 Å². The fourth-order valence-electron chi connectivity index (χ4n) is 14.7. The molecule has 0 spiro atoms. The summed E-state index contributed by atoms with van der Waals surface area (Å²) >= 11 is 2.37. The summed E-state index contributed by atoms with van der Waals surface area (Å²) in [5.74, 6) is -18.5. The van der Waals surface area contributed by atoms with Gasteiger partial charge in [0.15, 0.2) is 29.3 Å². The number of halogens is 1. The summed E-state index contributed by atoms with van der Waals surface area (Å²) in [6, 6.07) is 8.10. The lowest BCUT2D eigenvalue weighted by Gasteiger charge is -2.31. The number of Topliss-reactive ketones (excluding diaryl/α,β-unsaturated/α-hetero) is 4. The molecule has 0 aliphatic carbocycles. The highest BCUT2D eigenvalue weighted by atomic mass is 32.2. The van der Waals surface area contributed by atoms with Crippen LogP contribution in [0.2, 0.25) is 0 Å². The largest absolute Gasteiger partial charge is 0.508 e. The first-order valence-electron chi connectivity index (χ1n) is 42.6. The molecule has 10 amide bonds. The average molecular weight is 1820 g/mol. The Morgan fingerprint density at radius 3 is 1.80 bits per heavy atom. The van der Waals surface area contributed by atoms with Crippen LogP contribution in [0, 0.1) is 45.7 Å². The van der Waals surface area contributed by atoms with Crippen molar-refractivity contribution in [3.05, 3.63) is 131 Å². The number of carbonyl (C=O) groups is 15. The molecule has 39 heteroatoms. The van der Waals surface area contributed by atoms with E-state index in [9.17, 15) is 68.4 Å². The number of hydrogen-bond donors (Lipinski definition) is 20. The van der Waals surface area contributed by atoms with Gasteiger partial charge in [-0.1, -0.05) is 96.5 Å². The number of phenols is 2. The Bertz CT molecular complexity index is 4720. The number of ketones is 4. The highest BCUT2D eigenvalue weighted by Crippen LogP contribution is 2.31. The number of thioether (sulfide) groups is 2. The molecule has 4 aromatic carbocycles. The number of benzene rings is 4. The molecule has 0 saturated heterocycles. The third-order valence-corrected chi connectivity index (χ3v) is 23.9. The number of carboxylic acid groups (broad SMARTS) is 1. The zero-order valence-electron chi connectivity index (χ0n) is 73.5. The van der Waals surface area contributed by atoms with Gasteiger partial charge in [-0.15, -0.1) is 0 Å². The van der Waals surface area contributed by atoms with Gasteiger partial charge in [0, 0.05) is 129 Å². The van der Waals surface area contributed by atoms with Gasteiger partial charge < -0.3 is 105 Å². The number of likely N-dealkylation sites (N-methyl/N-ethyl adjacent to an activating group) is 1. The quantitative estimate of drug-likeness (QED) is 0.0157. The molecule has 1 aliphatic heterocycles. The molecule has 0 radical (unpaired) electrons. The molecular weight excluding hydrogens is 1690 g/mol. The van der Waals surface area contributed by atoms with Crippen molar-refractivity contribution in [2.45, 2.75) is 224 Å². The van der Waals surface area contributed by atoms with Crippen LogP contribution in [0.3, 0.4) is 0 Å². The van der Waals surface area contributed by atoms with Crippen LogP contribution in [0.5, 0.6) is 11.5 Å². The molecule has 23 N–H and O–H groups in total. The number of aliphatic hydroxyl groups is 1. The lowest BCUT2D eigenvalue weighted by Crippen LogP contribution is -2.61. The van der Waals surface area contributed by atoms with E-state index in [-0.39, 0.29) is 124 Å². The number of H-pyrrole nitrogens is 1. The number of phenolic OH excluding ortho intramolecular Hbond substituents is 2. The van der Waals surface area contributed by atoms with E-state index in [2.05, 4.69) is 58.2 Å². The number of aromatic amines is 1. The summed E-state index contributed by atoms with van der Waals surface area (Å²) < 4.78 is 15.2. The van der Waals surface area contributed by atoms with Gasteiger partial charge in [-0.2, -0.15) is 23.5 Å². The Labute approximate surface area is 751 Å². The number of primary amides is 1. The second-order valence-corrected chi connectivity index (χ2v) is 35.8. The van der Waals surface area contributed by atoms with E-state index in [1.54, 1.807) is 52.8 Å². The molecule has 1 aliphatic rings. The van der Waals surface area contributed by atoms with Crippen molar-refractivity contribution in [2.75, 3.05) is 38.2 Å². The van der Waals surface area contributed by atoms with Gasteiger partial charge in [-0.3, -0.25) is 77.9 Å². The molecule has 36 nitrogen and oxygen atoms in total. The number of fused-ring (bicyclic) bond motifs is 3. The van der Waals surface area contributed by atoms with Crippen LogP contribution in [-0.2, 0) is 103 Å². The lowest BCUT2D eigenvalue weighted by molar-refractivity contribution is -0.144. The molecule has 0 unspecified atom stereocenters. The van der Waals surface area contributed by atoms with Crippen molar-refractivity contribution in [3.8, 4) is 11.5 Å². The molecular formula is C89H124FN17O19S2. The molecule has 1 aromatic heterocycles. The Balaban J connectivity index is 1.48. The molecule has 2 heterocycles. The van der Waals surface area contributed by atoms with Gasteiger partial charge in [0.05, 0.1) is 18.7 Å². The minimum absolute atomic E-state index is 0.0257. The number of amides is 10. The van der Waals surface area contributed by atoms with Gasteiger partial charge in [-0.25, -0.2) is 4.39 Å². The maximum atomic E-state index is 15.5. The van der Waals surface area contributed by atoms with Crippen molar-refractivity contribution in [1.82, 2.24) is 63.1 Å². The van der Waals surface area contributed by atoms with Crippen molar-refractivity contribution in [1.29, 1.82) is 10.8 Å². The first-order chi connectivity index (χ1) is 60.5. The molecule has 2 bridgehead atoms. The van der Waals surface area contributed by atoms with Gasteiger partial charge in [0.1, 0.15) is 65.4 Å². The average Bonchev–Trinajstić information content (AvgIpc) is 1.63. The number of aliphatic carboxylic acids is 1. The first kappa shape index (κ1) is 105. The second kappa shape index (κ2) is 51.7. The van der Waals surface area contributed by atoms with Crippen molar-refractivity contribution < 1.29 is 96.7 Å². The molecule has 128 heavy (non-hydrogen) atoms. The fraction of sp³-hybridized carbons (Fsp3) is 0.517. The molecule has 698 valence electrons. The molecule has 0 fully saturated rings. The van der Waals surface area contributed by atoms with Crippen molar-refractivity contribution in [3.63, 3.8) is 0 Å². The van der Waals surface area contributed by atoms with Crippen LogP contribution in [0.15, 0.2) is 97.2 Å². The number of nitrogens with one attached hydrogen (secondary N) is 13. The van der Waals surface area contributed by atoms with Crippen LogP contribution >= 0.6 is 23.5 Å². The second-order valence-electron chi connectivity index (χ2n) is 33.7. The van der Waals surface area contributed by atoms with Gasteiger partial charge in [0.2, 0.25) is 59.1 Å². The van der Waals surface area contributed by atoms with Gasteiger partial charge in [0.25, 0.3) is 0 Å². The summed E-state index contributed by atoms with van der Waals surface area (Å²) in [6.45, 7) is 10.7. The first-order valence-corrected chi connectivity index (χ1v) is 44.9. The third kappa shape index (κ3) is 35.3. The van der Waals surface area contributed by atoms with E-state index in [0.29, 0.717) is 45.1 Å². The van der Waals surface area contributed by atoms with Crippen LogP contribution in [0.25, 0.3) is 10.9 Å². The minimum atomic E-state index is -1.82. The summed E-state index contributed by atoms with van der Waals surface area (Å²) in [5.41, 5.74) is 19.1. The van der Waals surface area contributed by atoms with Crippen molar-refractivity contribution >= 4 is 135 Å². The summed E-state index contributed by atoms with van der Waals surface area (Å²) in [7, 11) is 1.08. The fourth-order valence-corrected chi connectivity index (χ4v) is 16.7. The number of hydrogen-bond acceptors (Lipinski definition) is 22. The number of aliphatic hydroxyl groups excluding tert-OH is 1. The maximum absolute atomic E-state index is 15.5. The number of nitrogens with zero attached hydrogens (tertiary/aromatic N) is 1. The molecule has 0 saturated carbocycles. The molecule has 12 atom stereocenters. The highest BCUT2D eigenvalue weighted by Gasteiger charge is 2.40. The minimum Gasteiger partial charge on any atom is -0.508 e. The number of nitrogens with two attached hydrogens (primary N) is 3. The predicted octanol–water partition coefficient (Wildman–Crippen LogP) is 3.49. The predicted molar refractivity (Wildman–Crippen MR) is 481 cm³/mol. The maximum Gasteiger partial charge on any atom is 0.303 e. The normalized spacial score (nSPS) is 20.1. The molecule has 5 aromatic rings. The van der Waals surface area contributed by atoms with Crippen LogP contribution in [-0.4, -0.2) is 223 Å². The standard InChI is InChI=1S/C89H124FN17O19S2/c1-9-13-55(35-50(4)109)79(119)106-71-48-128-46-54-15-10-14-53(36-54)45-127-47-70(74(113)40-56(37-51-18-23-59(110)24-19-51)80(120)100-64(16-11-32-96-87(92)93)75(114)42-62(78(91)118)89(5,6)7)99-76(115)30-29-73(112)72(44-108)107(8)86(126)66(28-31-77(116)117)102-81(121)65(17-12-33-97-88(94)95)101-82(122)67(34-49(2)3)103-84(124)69(39-57-43-98-63-27-22-58(90)41-61(57)63)105-83(123)68(104-85(71)125)38-52-20-25-60(111)26-21-52/h10,14-15,18-27,36,41,43,49,55-56,62,64-72,98,108,110-111H,9,11-13,16-17,28-35,37-40,42,44-48H2,1-8H3,(H2,91,118)(H,99,115)(H,100,120)(H,101,122)(H,102,121)(H,103,124)(H,104,125)(H,105,123)(H,106,119)(H,116,117)(H4,92,93,96)(H4,94,95,97)/t55-,56-,62-,64+,65+,66+,67+,68+,69+,70+,71+,72+/m1/s1. The van der Waals surface area contributed by atoms with E-state index < -0.39 is 223 Å². The number of carbonyl (C=O) groups excluding carboxylic acids is 14. The van der Waals surface area contributed by atoms with Gasteiger partial charge >= 0.3 is 5.97 Å². The Hall–Kier alpha value is -12.0. The Morgan fingerprint density at radius 2 is 1.22 bits per heavy atom. The van der Waals surface area contributed by atoms with Crippen molar-refractivity contribution in [2.24, 2.45) is 46.3 Å². The zero-order chi connectivity index (χ0) is 94.6. The Morgan fingerprint density at radius 1 is 0.648 bits per heavy atom. The Kier molecular flexibility index (Phi) is 42.3. The van der Waals surface area contributed by atoms with E-state index >= 15 is 28.4 Å². The van der Waals surface area contributed by atoms with E-state index in [4.69, 9.17) is 28.0 Å². The summed E-state index contributed by atoms with van der Waals surface area (Å²) in [5, 5.41) is 84.4. The van der Waals surface area contributed by atoms with E-state index in [1.807, 2.05) is 13.0 Å². The SMILES string of the molecule is CCC[C@H](CC(C)=O)C(=O)N[C@H]1CSCc2cccc(c2)CSC[C@@H](C(=O)C[C@@H](Cc2ccc(O)cc2)C(=O)N[C@@H](CCCNC(=N)N)C(=O)C[C@H](C(N)=O)C(C)(C)C)NC(=O)CCC(=O)[C@H](CO)N(C)C(=O)[C@H](CCC(=O)O)NC(=O)[C@H](CCCNC(=N)N)NC(=O)[C@H](CC(C)C)NC(=O)[C@H](Cc2c[nH]c3ccc(F)cc23)NC(=O)[C@H](Cc2ccc(O)cc2)NC1=O. The third-order valence-electron chi connectivity index (χ3n) is 21.7. The zero-order valence-corrected chi connectivity index (χ0v) is 75.1. The van der Waals surface area contributed by atoms with Crippen LogP contribution < -0.4 is 70.4 Å². The number of rotatable bonds is 35. The lowest BCUT2D eigenvalue weighted by atomic mass is 9.76. The number of guanidine groups is 2. The smallest absolute Gasteiger partial charge is 0.303 e. The number of carboxylic acids is 1. The number of aromatic nitrogens is 1. The highest BCUT2D eigenvalue weighted by molar-refractivity contribution is 7.98. The van der Waals surface area contributed by atoms with E-state index in [0.717, 1.165) is 11.9 Å². The summed E-state index contributed by atoms with van der Waals surface area (Å²) in [6.07, 6.45) is -2.98. The number of aromatic hydroxyl groups is 2. The topological polar surface area (TPSA) is 602 Å². The molecule has 6 rings (SSSR count). The van der Waals surface area contributed by atoms with Crippen LogP contribution in [0.4, 0.5) is 4.39 Å². The van der Waals surface area contributed by atoms with E-state index in [1.165, 1.54) is 103 Å². The van der Waals surface area contributed by atoms with Crippen LogP contribution in [0.1, 0.15) is 166 Å². The summed E-state index contributed by atoms with van der Waals surface area (Å²) in [4.78, 5) is 220. The monoisotopic (exact) mass is 1820 g/mol.